The summed E-state index contributed by atoms with van der Waals surface area (Å²) >= 11 is 1.51. The van der Waals surface area contributed by atoms with E-state index in [-0.39, 0.29) is 24.3 Å². The molecule has 0 aromatic carbocycles. The second kappa shape index (κ2) is 6.92. The first-order chi connectivity index (χ1) is 11.6. The number of fused-ring (bicyclic) bond motifs is 1. The molecule has 0 aliphatic rings. The molecular formula is C17H17N3O3S. The van der Waals surface area contributed by atoms with Gasteiger partial charge in [0.1, 0.15) is 10.6 Å². The average molecular weight is 343 g/mol. The number of thiophene rings is 1. The molecule has 0 radical (unpaired) electrons. The largest absolute Gasteiger partial charge is 0.496 e. The van der Waals surface area contributed by atoms with Gasteiger partial charge in [-0.25, -0.2) is 4.98 Å². The van der Waals surface area contributed by atoms with Crippen molar-refractivity contribution < 1.29 is 9.53 Å². The van der Waals surface area contributed by atoms with Gasteiger partial charge in [0.25, 0.3) is 5.56 Å². The molecule has 0 aliphatic heterocycles. The third kappa shape index (κ3) is 3.21. The van der Waals surface area contributed by atoms with E-state index in [2.05, 4.69) is 9.97 Å². The van der Waals surface area contributed by atoms with Crippen LogP contribution >= 0.6 is 11.3 Å². The Hall–Kier alpha value is -2.54. The number of rotatable bonds is 6. The van der Waals surface area contributed by atoms with Crippen molar-refractivity contribution in [2.75, 3.05) is 7.11 Å². The number of aryl methyl sites for hydroxylation is 1. The first-order valence-corrected chi connectivity index (χ1v) is 8.40. The van der Waals surface area contributed by atoms with Gasteiger partial charge in [-0.05, 0) is 18.6 Å². The van der Waals surface area contributed by atoms with E-state index in [1.54, 1.807) is 25.6 Å². The van der Waals surface area contributed by atoms with Crippen molar-refractivity contribution in [3.8, 4) is 5.75 Å². The number of hydrogen-bond acceptors (Lipinski definition) is 6. The van der Waals surface area contributed by atoms with Gasteiger partial charge in [-0.1, -0.05) is 6.92 Å². The molecule has 0 aliphatic carbocycles. The summed E-state index contributed by atoms with van der Waals surface area (Å²) in [5, 5.41) is 0.575. The van der Waals surface area contributed by atoms with Gasteiger partial charge >= 0.3 is 0 Å². The van der Waals surface area contributed by atoms with E-state index in [1.165, 1.54) is 22.2 Å². The molecule has 3 aromatic heterocycles. The predicted molar refractivity (Wildman–Crippen MR) is 92.8 cm³/mol. The van der Waals surface area contributed by atoms with Gasteiger partial charge in [-0.3, -0.25) is 19.1 Å². The highest BCUT2D eigenvalue weighted by Gasteiger charge is 2.13. The van der Waals surface area contributed by atoms with Crippen LogP contribution in [0.4, 0.5) is 0 Å². The third-order valence-corrected chi connectivity index (χ3v) is 4.92. The van der Waals surface area contributed by atoms with Crippen LogP contribution in [0.5, 0.6) is 5.75 Å². The fraction of sp³-hybridized carbons (Fsp3) is 0.294. The summed E-state index contributed by atoms with van der Waals surface area (Å²) in [6, 6.07) is 3.57. The molecule has 0 saturated carbocycles. The number of nitrogens with zero attached hydrogens (tertiary/aromatic N) is 3. The standard InChI is InChI=1S/C17H17N3O3S/c1-3-13-7-14-16(24-13)19-10-20(17(14)22)9-12(21)6-11-8-18-5-4-15(11)23-2/h4-5,7-8,10H,3,6,9H2,1-2H3. The Morgan fingerprint density at radius 1 is 1.42 bits per heavy atom. The monoisotopic (exact) mass is 343 g/mol. The molecule has 0 amide bonds. The van der Waals surface area contributed by atoms with Crippen LogP contribution in [0.1, 0.15) is 17.4 Å². The first kappa shape index (κ1) is 16.3. The molecule has 7 heteroatoms. The zero-order chi connectivity index (χ0) is 17.1. The summed E-state index contributed by atoms with van der Waals surface area (Å²) in [5.74, 6) is 0.514. The van der Waals surface area contributed by atoms with Crippen LogP contribution in [0.25, 0.3) is 10.2 Å². The number of ketones is 1. The van der Waals surface area contributed by atoms with Crippen LogP contribution in [0.2, 0.25) is 0 Å². The van der Waals surface area contributed by atoms with Crippen LogP contribution in [0.3, 0.4) is 0 Å². The lowest BCUT2D eigenvalue weighted by atomic mass is 10.1. The summed E-state index contributed by atoms with van der Waals surface area (Å²) < 4.78 is 6.58. The lowest BCUT2D eigenvalue weighted by Gasteiger charge is -2.08. The summed E-state index contributed by atoms with van der Waals surface area (Å²) in [5.41, 5.74) is 0.526. The fourth-order valence-electron chi connectivity index (χ4n) is 2.50. The van der Waals surface area contributed by atoms with Gasteiger partial charge in [-0.2, -0.15) is 0 Å². The summed E-state index contributed by atoms with van der Waals surface area (Å²) in [6.07, 6.45) is 5.68. The Labute approximate surface area is 142 Å². The van der Waals surface area contributed by atoms with Crippen LogP contribution in [0, 0.1) is 0 Å². The Bertz CT molecular complexity index is 946. The molecule has 0 bridgehead atoms. The molecule has 3 aromatic rings. The zero-order valence-corrected chi connectivity index (χ0v) is 14.3. The number of aromatic nitrogens is 3. The van der Waals surface area contributed by atoms with Crippen molar-refractivity contribution in [3.63, 3.8) is 0 Å². The topological polar surface area (TPSA) is 74.1 Å². The Morgan fingerprint density at radius 3 is 3.00 bits per heavy atom. The second-order valence-corrected chi connectivity index (χ2v) is 6.48. The highest BCUT2D eigenvalue weighted by atomic mass is 32.1. The van der Waals surface area contributed by atoms with Crippen LogP contribution in [-0.2, 0) is 24.2 Å². The van der Waals surface area contributed by atoms with Gasteiger partial charge in [-0.15, -0.1) is 11.3 Å². The van der Waals surface area contributed by atoms with Crippen molar-refractivity contribution in [1.29, 1.82) is 0 Å². The summed E-state index contributed by atoms with van der Waals surface area (Å²) in [4.78, 5) is 35.0. The van der Waals surface area contributed by atoms with Crippen LogP contribution < -0.4 is 10.3 Å². The van der Waals surface area contributed by atoms with Crippen LogP contribution in [0.15, 0.2) is 35.6 Å². The molecule has 3 heterocycles. The summed E-state index contributed by atoms with van der Waals surface area (Å²) in [6.45, 7) is 2.02. The molecule has 0 atom stereocenters. The lowest BCUT2D eigenvalue weighted by Crippen LogP contribution is -2.25. The normalized spacial score (nSPS) is 10.9. The van der Waals surface area contributed by atoms with Crippen LogP contribution in [-0.4, -0.2) is 27.4 Å². The molecule has 124 valence electrons. The van der Waals surface area contributed by atoms with Crippen molar-refractivity contribution in [2.24, 2.45) is 0 Å². The molecule has 0 spiro atoms. The third-order valence-electron chi connectivity index (χ3n) is 3.73. The molecule has 0 saturated heterocycles. The number of ether oxygens (including phenoxy) is 1. The van der Waals surface area contributed by atoms with Gasteiger partial charge < -0.3 is 4.74 Å². The highest BCUT2D eigenvalue weighted by molar-refractivity contribution is 7.18. The number of carbonyl (C=O) groups excluding carboxylic acids is 1. The molecule has 6 nitrogen and oxygen atoms in total. The maximum absolute atomic E-state index is 12.5. The lowest BCUT2D eigenvalue weighted by molar-refractivity contribution is -0.119. The van der Waals surface area contributed by atoms with E-state index < -0.39 is 0 Å². The highest BCUT2D eigenvalue weighted by Crippen LogP contribution is 2.21. The SMILES string of the molecule is CCc1cc2c(=O)n(CC(=O)Cc3cnccc3OC)cnc2s1. The molecular weight excluding hydrogens is 326 g/mol. The van der Waals surface area contributed by atoms with Gasteiger partial charge in [0.2, 0.25) is 0 Å². The fourth-order valence-corrected chi connectivity index (χ4v) is 3.43. The summed E-state index contributed by atoms with van der Waals surface area (Å²) in [7, 11) is 1.55. The first-order valence-electron chi connectivity index (χ1n) is 7.58. The molecule has 0 fully saturated rings. The Kier molecular flexibility index (Phi) is 4.71. The number of Topliss-reactive ketones (excluding diaryl/α,β-unsaturated/α-hetero) is 1. The van der Waals surface area contributed by atoms with E-state index >= 15 is 0 Å². The van der Waals surface area contributed by atoms with Gasteiger partial charge in [0.05, 0.1) is 25.4 Å². The van der Waals surface area contributed by atoms with E-state index in [0.717, 1.165) is 16.1 Å². The quantitative estimate of drug-likeness (QED) is 0.686. The minimum atomic E-state index is -0.178. The molecule has 3 rings (SSSR count). The number of pyridine rings is 1. The van der Waals surface area contributed by atoms with Crippen molar-refractivity contribution in [3.05, 3.63) is 51.6 Å². The van der Waals surface area contributed by atoms with E-state index in [9.17, 15) is 9.59 Å². The zero-order valence-electron chi connectivity index (χ0n) is 13.5. The smallest absolute Gasteiger partial charge is 0.262 e. The molecule has 24 heavy (non-hydrogen) atoms. The van der Waals surface area contributed by atoms with E-state index in [4.69, 9.17) is 4.74 Å². The van der Waals surface area contributed by atoms with Gasteiger partial charge in [0, 0.05) is 29.3 Å². The molecule has 0 unspecified atom stereocenters. The minimum Gasteiger partial charge on any atom is -0.496 e. The maximum atomic E-state index is 12.5. The van der Waals surface area contributed by atoms with E-state index in [0.29, 0.717) is 16.7 Å². The van der Waals surface area contributed by atoms with Crippen molar-refractivity contribution >= 4 is 27.3 Å². The Morgan fingerprint density at radius 2 is 2.25 bits per heavy atom. The number of hydrogen-bond donors (Lipinski definition) is 0. The number of methoxy groups -OCH3 is 1. The Balaban J connectivity index is 1.83. The second-order valence-electron chi connectivity index (χ2n) is 5.37. The van der Waals surface area contributed by atoms with Crippen molar-refractivity contribution in [2.45, 2.75) is 26.3 Å². The maximum Gasteiger partial charge on any atom is 0.262 e. The molecule has 0 N–H and O–H groups in total. The van der Waals surface area contributed by atoms with Crippen molar-refractivity contribution in [1.82, 2.24) is 14.5 Å². The van der Waals surface area contributed by atoms with E-state index in [1.807, 2.05) is 13.0 Å². The average Bonchev–Trinajstić information content (AvgIpc) is 3.02. The van der Waals surface area contributed by atoms with Gasteiger partial charge in [0.15, 0.2) is 5.78 Å². The predicted octanol–water partition coefficient (Wildman–Crippen LogP) is 2.24. The number of carbonyl (C=O) groups is 1. The minimum absolute atomic E-state index is 0.0167.